The SMILES string of the molecule is CSCCC(NC(=O)c1ccc(S(=O)(=O)N2CCCCCC2)cc1)c1nc2ccccc2[nH]1. The Kier molecular flexibility index (Phi) is 7.72. The zero-order chi connectivity index (χ0) is 23.3. The molecule has 2 N–H and O–H groups in total. The number of imidazole rings is 1. The minimum atomic E-state index is -3.54. The molecule has 33 heavy (non-hydrogen) atoms. The summed E-state index contributed by atoms with van der Waals surface area (Å²) >= 11 is 1.71. The number of amides is 1. The molecule has 9 heteroatoms. The number of carbonyl (C=O) groups excluding carboxylic acids is 1. The highest BCUT2D eigenvalue weighted by Gasteiger charge is 2.25. The molecule has 0 saturated carbocycles. The lowest BCUT2D eigenvalue weighted by Gasteiger charge is -2.20. The van der Waals surface area contributed by atoms with E-state index in [0.29, 0.717) is 18.7 Å². The predicted molar refractivity (Wildman–Crippen MR) is 133 cm³/mol. The van der Waals surface area contributed by atoms with E-state index < -0.39 is 10.0 Å². The Morgan fingerprint density at radius 3 is 2.45 bits per heavy atom. The average molecular weight is 487 g/mol. The molecule has 1 amide bonds. The van der Waals surface area contributed by atoms with E-state index in [1.807, 2.05) is 30.5 Å². The number of carbonyl (C=O) groups is 1. The lowest BCUT2D eigenvalue weighted by atomic mass is 10.1. The van der Waals surface area contributed by atoms with Crippen LogP contribution in [0.15, 0.2) is 53.4 Å². The maximum absolute atomic E-state index is 13.0. The molecule has 0 bridgehead atoms. The van der Waals surface area contributed by atoms with Crippen molar-refractivity contribution in [3.63, 3.8) is 0 Å². The molecule has 7 nitrogen and oxygen atoms in total. The van der Waals surface area contributed by atoms with Gasteiger partial charge in [0.15, 0.2) is 0 Å². The Bertz CT molecular complexity index is 1150. The number of para-hydroxylation sites is 2. The van der Waals surface area contributed by atoms with E-state index in [-0.39, 0.29) is 16.8 Å². The van der Waals surface area contributed by atoms with E-state index in [9.17, 15) is 13.2 Å². The number of fused-ring (bicyclic) bond motifs is 1. The molecule has 1 saturated heterocycles. The van der Waals surface area contributed by atoms with Crippen LogP contribution in [-0.2, 0) is 10.0 Å². The summed E-state index contributed by atoms with van der Waals surface area (Å²) < 4.78 is 27.6. The fourth-order valence-electron chi connectivity index (χ4n) is 4.10. The van der Waals surface area contributed by atoms with Crippen molar-refractivity contribution in [1.29, 1.82) is 0 Å². The quantitative estimate of drug-likeness (QED) is 0.494. The molecule has 4 rings (SSSR count). The number of benzene rings is 2. The van der Waals surface area contributed by atoms with Crippen LogP contribution in [0.25, 0.3) is 11.0 Å². The molecule has 1 atom stereocenters. The van der Waals surface area contributed by atoms with E-state index in [1.165, 1.54) is 12.1 Å². The van der Waals surface area contributed by atoms with Gasteiger partial charge in [-0.25, -0.2) is 13.4 Å². The van der Waals surface area contributed by atoms with Crippen LogP contribution in [0.1, 0.15) is 54.3 Å². The fraction of sp³-hybridized carbons (Fsp3) is 0.417. The highest BCUT2D eigenvalue weighted by atomic mass is 32.2. The molecule has 0 spiro atoms. The van der Waals surface area contributed by atoms with Gasteiger partial charge in [-0.1, -0.05) is 25.0 Å². The predicted octanol–water partition coefficient (Wildman–Crippen LogP) is 4.35. The third-order valence-electron chi connectivity index (χ3n) is 5.97. The number of hydrogen-bond donors (Lipinski definition) is 2. The molecule has 3 aromatic rings. The second-order valence-electron chi connectivity index (χ2n) is 8.29. The van der Waals surface area contributed by atoms with Crippen LogP contribution in [0.4, 0.5) is 0 Å². The molecule has 1 fully saturated rings. The van der Waals surface area contributed by atoms with Crippen molar-refractivity contribution in [2.24, 2.45) is 0 Å². The van der Waals surface area contributed by atoms with Gasteiger partial charge >= 0.3 is 0 Å². The topological polar surface area (TPSA) is 95.2 Å². The summed E-state index contributed by atoms with van der Waals surface area (Å²) in [5.74, 6) is 1.34. The highest BCUT2D eigenvalue weighted by Crippen LogP contribution is 2.23. The molecule has 176 valence electrons. The van der Waals surface area contributed by atoms with Crippen LogP contribution < -0.4 is 5.32 Å². The van der Waals surface area contributed by atoms with Gasteiger partial charge in [-0.3, -0.25) is 4.79 Å². The summed E-state index contributed by atoms with van der Waals surface area (Å²) in [4.78, 5) is 21.2. The van der Waals surface area contributed by atoms with Crippen LogP contribution in [0, 0.1) is 0 Å². The summed E-state index contributed by atoms with van der Waals surface area (Å²) in [6, 6.07) is 13.8. The standard InChI is InChI=1S/C24H30N4O3S2/c1-32-17-14-22(23-25-20-8-4-5-9-21(20)26-23)27-24(29)18-10-12-19(13-11-18)33(30,31)28-15-6-2-3-7-16-28/h4-5,8-13,22H,2-3,6-7,14-17H2,1H3,(H,25,26)(H,27,29). The highest BCUT2D eigenvalue weighted by molar-refractivity contribution is 7.98. The molecule has 1 aromatic heterocycles. The first-order valence-electron chi connectivity index (χ1n) is 11.3. The molecule has 1 aliphatic rings. The van der Waals surface area contributed by atoms with E-state index in [2.05, 4.69) is 15.3 Å². The van der Waals surface area contributed by atoms with Gasteiger partial charge in [0.25, 0.3) is 5.91 Å². The summed E-state index contributed by atoms with van der Waals surface area (Å²) in [6.07, 6.45) is 6.66. The molecule has 0 aliphatic carbocycles. The van der Waals surface area contributed by atoms with Crippen molar-refractivity contribution in [3.8, 4) is 0 Å². The Morgan fingerprint density at radius 2 is 1.79 bits per heavy atom. The van der Waals surface area contributed by atoms with Gasteiger partial charge in [-0.05, 0) is 67.7 Å². The Labute approximate surface area is 199 Å². The number of thioether (sulfide) groups is 1. The first kappa shape index (κ1) is 23.8. The number of H-pyrrole nitrogens is 1. The van der Waals surface area contributed by atoms with Crippen LogP contribution in [0.5, 0.6) is 0 Å². The van der Waals surface area contributed by atoms with Gasteiger partial charge in [0.2, 0.25) is 10.0 Å². The second-order valence-corrected chi connectivity index (χ2v) is 11.2. The van der Waals surface area contributed by atoms with Gasteiger partial charge in [0.1, 0.15) is 5.82 Å². The van der Waals surface area contributed by atoms with Crippen LogP contribution in [0.3, 0.4) is 0 Å². The Hall–Kier alpha value is -2.36. The van der Waals surface area contributed by atoms with Crippen molar-refractivity contribution in [2.45, 2.75) is 43.0 Å². The molecule has 1 aliphatic heterocycles. The molecule has 2 aromatic carbocycles. The van der Waals surface area contributed by atoms with Gasteiger partial charge < -0.3 is 10.3 Å². The Balaban J connectivity index is 1.50. The van der Waals surface area contributed by atoms with Crippen molar-refractivity contribution >= 4 is 38.7 Å². The lowest BCUT2D eigenvalue weighted by Crippen LogP contribution is -2.32. The van der Waals surface area contributed by atoms with Crippen LogP contribution in [0.2, 0.25) is 0 Å². The number of sulfonamides is 1. The molecule has 1 unspecified atom stereocenters. The number of nitrogens with zero attached hydrogens (tertiary/aromatic N) is 2. The van der Waals surface area contributed by atoms with E-state index in [0.717, 1.165) is 54.7 Å². The van der Waals surface area contributed by atoms with Gasteiger partial charge in [0, 0.05) is 18.7 Å². The van der Waals surface area contributed by atoms with E-state index in [4.69, 9.17) is 0 Å². The smallest absolute Gasteiger partial charge is 0.251 e. The zero-order valence-electron chi connectivity index (χ0n) is 18.8. The summed E-state index contributed by atoms with van der Waals surface area (Å²) in [7, 11) is -3.54. The molecule has 2 heterocycles. The average Bonchev–Trinajstić information content (AvgIpc) is 3.06. The van der Waals surface area contributed by atoms with E-state index >= 15 is 0 Å². The largest absolute Gasteiger partial charge is 0.342 e. The van der Waals surface area contributed by atoms with Gasteiger partial charge in [0.05, 0.1) is 22.0 Å². The van der Waals surface area contributed by atoms with Crippen molar-refractivity contribution in [3.05, 3.63) is 59.9 Å². The van der Waals surface area contributed by atoms with Crippen LogP contribution >= 0.6 is 11.8 Å². The number of hydrogen-bond acceptors (Lipinski definition) is 5. The van der Waals surface area contributed by atoms with Crippen molar-refractivity contribution in [1.82, 2.24) is 19.6 Å². The number of nitrogens with one attached hydrogen (secondary N) is 2. The molecular weight excluding hydrogens is 456 g/mol. The molecule has 0 radical (unpaired) electrons. The maximum Gasteiger partial charge on any atom is 0.251 e. The van der Waals surface area contributed by atoms with Crippen molar-refractivity contribution < 1.29 is 13.2 Å². The second kappa shape index (κ2) is 10.7. The minimum Gasteiger partial charge on any atom is -0.342 e. The molecular formula is C24H30N4O3S2. The normalized spacial score (nSPS) is 16.4. The number of rotatable bonds is 8. The third kappa shape index (κ3) is 5.59. The lowest BCUT2D eigenvalue weighted by molar-refractivity contribution is 0.0934. The maximum atomic E-state index is 13.0. The van der Waals surface area contributed by atoms with Crippen molar-refractivity contribution in [2.75, 3.05) is 25.1 Å². The third-order valence-corrected chi connectivity index (χ3v) is 8.53. The zero-order valence-corrected chi connectivity index (χ0v) is 20.4. The minimum absolute atomic E-state index is 0.233. The van der Waals surface area contributed by atoms with Gasteiger partial charge in [-0.2, -0.15) is 16.1 Å². The fourth-order valence-corrected chi connectivity index (χ4v) is 6.09. The number of aromatic nitrogens is 2. The summed E-state index contributed by atoms with van der Waals surface area (Å²) in [5, 5.41) is 3.07. The monoisotopic (exact) mass is 486 g/mol. The number of aromatic amines is 1. The summed E-state index contributed by atoms with van der Waals surface area (Å²) in [6.45, 7) is 1.11. The first-order valence-corrected chi connectivity index (χ1v) is 14.2. The van der Waals surface area contributed by atoms with Gasteiger partial charge in [-0.15, -0.1) is 0 Å². The summed E-state index contributed by atoms with van der Waals surface area (Å²) in [5.41, 5.74) is 2.22. The Morgan fingerprint density at radius 1 is 1.09 bits per heavy atom. The van der Waals surface area contributed by atoms with E-state index in [1.54, 1.807) is 28.2 Å². The first-order chi connectivity index (χ1) is 16.0. The van der Waals surface area contributed by atoms with Crippen LogP contribution in [-0.4, -0.2) is 53.7 Å².